The standard InChI is InChI=1S/C17H26F3N/c1-5-10-21-16(13(6-2)7-3)15-9-8-14(11-12(15)4)17(18,19)20/h8-9,11,13,16,21H,5-7,10H2,1-4H3. The second kappa shape index (κ2) is 7.83. The summed E-state index contributed by atoms with van der Waals surface area (Å²) in [5.74, 6) is 0.437. The van der Waals surface area contributed by atoms with Crippen LogP contribution in [0.3, 0.4) is 0 Å². The summed E-state index contributed by atoms with van der Waals surface area (Å²) in [7, 11) is 0. The van der Waals surface area contributed by atoms with Crippen LogP contribution in [0.2, 0.25) is 0 Å². The molecule has 1 N–H and O–H groups in total. The maximum Gasteiger partial charge on any atom is 0.416 e. The molecule has 120 valence electrons. The normalized spacial score (nSPS) is 13.7. The summed E-state index contributed by atoms with van der Waals surface area (Å²) in [4.78, 5) is 0. The fraction of sp³-hybridized carbons (Fsp3) is 0.647. The van der Waals surface area contributed by atoms with Gasteiger partial charge in [-0.3, -0.25) is 0 Å². The van der Waals surface area contributed by atoms with Crippen molar-refractivity contribution in [2.24, 2.45) is 5.92 Å². The fourth-order valence-corrected chi connectivity index (χ4v) is 2.79. The van der Waals surface area contributed by atoms with E-state index in [0.29, 0.717) is 11.5 Å². The van der Waals surface area contributed by atoms with Gasteiger partial charge in [-0.2, -0.15) is 13.2 Å². The largest absolute Gasteiger partial charge is 0.416 e. The van der Waals surface area contributed by atoms with Gasteiger partial charge in [0.1, 0.15) is 0 Å². The number of nitrogens with one attached hydrogen (secondary N) is 1. The number of aryl methyl sites for hydroxylation is 1. The van der Waals surface area contributed by atoms with Gasteiger partial charge in [-0.05, 0) is 49.1 Å². The quantitative estimate of drug-likeness (QED) is 0.702. The van der Waals surface area contributed by atoms with Crippen LogP contribution in [0.25, 0.3) is 0 Å². The van der Waals surface area contributed by atoms with E-state index in [9.17, 15) is 13.2 Å². The Hall–Kier alpha value is -1.03. The third-order valence-electron chi connectivity index (χ3n) is 4.07. The summed E-state index contributed by atoms with van der Waals surface area (Å²) in [6.07, 6.45) is -1.24. The summed E-state index contributed by atoms with van der Waals surface area (Å²) < 4.78 is 38.3. The van der Waals surface area contributed by atoms with Crippen molar-refractivity contribution in [2.45, 2.75) is 59.2 Å². The van der Waals surface area contributed by atoms with Crippen molar-refractivity contribution in [2.75, 3.05) is 6.54 Å². The molecule has 0 spiro atoms. The van der Waals surface area contributed by atoms with Gasteiger partial charge in [0.2, 0.25) is 0 Å². The Morgan fingerprint density at radius 1 is 1.10 bits per heavy atom. The van der Waals surface area contributed by atoms with Gasteiger partial charge in [-0.25, -0.2) is 0 Å². The molecule has 0 aliphatic rings. The van der Waals surface area contributed by atoms with E-state index in [-0.39, 0.29) is 6.04 Å². The van der Waals surface area contributed by atoms with Crippen LogP contribution in [0.1, 0.15) is 62.8 Å². The molecule has 0 fully saturated rings. The van der Waals surface area contributed by atoms with Gasteiger partial charge in [0.05, 0.1) is 5.56 Å². The van der Waals surface area contributed by atoms with E-state index in [0.717, 1.165) is 31.4 Å². The summed E-state index contributed by atoms with van der Waals surface area (Å²) in [6.45, 7) is 9.01. The van der Waals surface area contributed by atoms with Crippen LogP contribution in [0.15, 0.2) is 18.2 Å². The molecule has 0 radical (unpaired) electrons. The van der Waals surface area contributed by atoms with Crippen LogP contribution in [-0.4, -0.2) is 6.54 Å². The van der Waals surface area contributed by atoms with Gasteiger partial charge < -0.3 is 5.32 Å². The minimum absolute atomic E-state index is 0.127. The molecule has 4 heteroatoms. The average molecular weight is 301 g/mol. The third-order valence-corrected chi connectivity index (χ3v) is 4.07. The molecule has 0 aliphatic heterocycles. The number of hydrogen-bond donors (Lipinski definition) is 1. The molecule has 1 unspecified atom stereocenters. The first-order valence-corrected chi connectivity index (χ1v) is 7.76. The van der Waals surface area contributed by atoms with Crippen molar-refractivity contribution in [3.63, 3.8) is 0 Å². The highest BCUT2D eigenvalue weighted by Crippen LogP contribution is 2.34. The molecule has 0 aromatic heterocycles. The van der Waals surface area contributed by atoms with Gasteiger partial charge in [-0.1, -0.05) is 39.7 Å². The van der Waals surface area contributed by atoms with E-state index in [2.05, 4.69) is 26.1 Å². The molecular weight excluding hydrogens is 275 g/mol. The monoisotopic (exact) mass is 301 g/mol. The van der Waals surface area contributed by atoms with E-state index in [4.69, 9.17) is 0 Å². The zero-order valence-corrected chi connectivity index (χ0v) is 13.3. The Bertz CT molecular complexity index is 436. The van der Waals surface area contributed by atoms with Crippen molar-refractivity contribution in [3.8, 4) is 0 Å². The topological polar surface area (TPSA) is 12.0 Å². The second-order valence-corrected chi connectivity index (χ2v) is 5.58. The predicted molar refractivity (Wildman–Crippen MR) is 81.3 cm³/mol. The molecule has 1 aromatic rings. The molecule has 0 saturated heterocycles. The molecular formula is C17H26F3N. The van der Waals surface area contributed by atoms with Crippen molar-refractivity contribution in [1.29, 1.82) is 0 Å². The lowest BCUT2D eigenvalue weighted by atomic mass is 9.86. The summed E-state index contributed by atoms with van der Waals surface area (Å²) >= 11 is 0. The van der Waals surface area contributed by atoms with Crippen molar-refractivity contribution in [1.82, 2.24) is 5.32 Å². The Morgan fingerprint density at radius 3 is 2.14 bits per heavy atom. The van der Waals surface area contributed by atoms with Gasteiger partial charge >= 0.3 is 6.18 Å². The number of alkyl halides is 3. The van der Waals surface area contributed by atoms with Crippen LogP contribution in [-0.2, 0) is 6.18 Å². The minimum Gasteiger partial charge on any atom is -0.310 e. The highest BCUT2D eigenvalue weighted by Gasteiger charge is 2.31. The Morgan fingerprint density at radius 2 is 1.71 bits per heavy atom. The Labute approximate surface area is 125 Å². The molecule has 0 saturated carbocycles. The lowest BCUT2D eigenvalue weighted by Gasteiger charge is -2.28. The number of rotatable bonds is 7. The van der Waals surface area contributed by atoms with Crippen molar-refractivity contribution in [3.05, 3.63) is 34.9 Å². The average Bonchev–Trinajstić information content (AvgIpc) is 2.43. The first-order valence-electron chi connectivity index (χ1n) is 7.76. The van der Waals surface area contributed by atoms with Gasteiger partial charge in [0, 0.05) is 6.04 Å². The molecule has 0 aliphatic carbocycles. The van der Waals surface area contributed by atoms with Gasteiger partial charge in [-0.15, -0.1) is 0 Å². The lowest BCUT2D eigenvalue weighted by Crippen LogP contribution is -2.29. The van der Waals surface area contributed by atoms with Crippen LogP contribution in [0, 0.1) is 12.8 Å². The zero-order chi connectivity index (χ0) is 16.0. The molecule has 1 atom stereocenters. The van der Waals surface area contributed by atoms with E-state index in [1.165, 1.54) is 12.1 Å². The summed E-state index contributed by atoms with van der Waals surface area (Å²) in [5, 5.41) is 3.51. The van der Waals surface area contributed by atoms with Crippen LogP contribution < -0.4 is 5.32 Å². The summed E-state index contributed by atoms with van der Waals surface area (Å²) in [5.41, 5.74) is 1.14. The molecule has 1 rings (SSSR count). The predicted octanol–water partition coefficient (Wildman–Crippen LogP) is 5.49. The third kappa shape index (κ3) is 4.73. The highest BCUT2D eigenvalue weighted by molar-refractivity contribution is 5.35. The maximum absolute atomic E-state index is 12.8. The number of benzene rings is 1. The summed E-state index contributed by atoms with van der Waals surface area (Å²) in [6, 6.07) is 4.23. The van der Waals surface area contributed by atoms with E-state index in [1.807, 2.05) is 0 Å². The Kier molecular flexibility index (Phi) is 6.72. The smallest absolute Gasteiger partial charge is 0.310 e. The minimum atomic E-state index is -4.27. The molecule has 0 bridgehead atoms. The van der Waals surface area contributed by atoms with E-state index >= 15 is 0 Å². The molecule has 0 heterocycles. The van der Waals surface area contributed by atoms with Crippen LogP contribution >= 0.6 is 0 Å². The van der Waals surface area contributed by atoms with Crippen molar-refractivity contribution < 1.29 is 13.2 Å². The van der Waals surface area contributed by atoms with Gasteiger partial charge in [0.25, 0.3) is 0 Å². The fourth-order valence-electron chi connectivity index (χ4n) is 2.79. The molecule has 1 nitrogen and oxygen atoms in total. The van der Waals surface area contributed by atoms with E-state index < -0.39 is 11.7 Å². The molecule has 0 amide bonds. The van der Waals surface area contributed by atoms with Crippen LogP contribution in [0.4, 0.5) is 13.2 Å². The second-order valence-electron chi connectivity index (χ2n) is 5.58. The van der Waals surface area contributed by atoms with Crippen LogP contribution in [0.5, 0.6) is 0 Å². The van der Waals surface area contributed by atoms with E-state index in [1.54, 1.807) is 13.0 Å². The number of halogens is 3. The first kappa shape index (κ1) is 18.0. The SMILES string of the molecule is CCCNC(c1ccc(C(F)(F)F)cc1C)C(CC)CC. The zero-order valence-electron chi connectivity index (χ0n) is 13.3. The highest BCUT2D eigenvalue weighted by atomic mass is 19.4. The first-order chi connectivity index (χ1) is 9.85. The lowest BCUT2D eigenvalue weighted by molar-refractivity contribution is -0.137. The molecule has 21 heavy (non-hydrogen) atoms. The Balaban J connectivity index is 3.12. The molecule has 1 aromatic carbocycles. The van der Waals surface area contributed by atoms with Crippen molar-refractivity contribution >= 4 is 0 Å². The number of hydrogen-bond acceptors (Lipinski definition) is 1. The van der Waals surface area contributed by atoms with Gasteiger partial charge in [0.15, 0.2) is 0 Å². The maximum atomic E-state index is 12.8.